The molecular weight excluding hydrogens is 192 g/mol. The zero-order valence-corrected chi connectivity index (χ0v) is 12.6. The van der Waals surface area contributed by atoms with Gasteiger partial charge in [0.05, 0.1) is 0 Å². The zero-order valence-electron chi connectivity index (χ0n) is 12.6. The van der Waals surface area contributed by atoms with E-state index in [0.717, 1.165) is 23.7 Å². The summed E-state index contributed by atoms with van der Waals surface area (Å²) in [7, 11) is 0. The maximum atomic E-state index is 2.40. The van der Waals surface area contributed by atoms with Crippen molar-refractivity contribution in [2.24, 2.45) is 23.7 Å². The lowest BCUT2D eigenvalue weighted by molar-refractivity contribution is 0.251. The monoisotopic (exact) mass is 226 g/mol. The molecule has 0 nitrogen and oxygen atoms in total. The molecule has 1 aliphatic carbocycles. The first-order valence-electron chi connectivity index (χ1n) is 7.78. The molecule has 1 aliphatic rings. The quantitative estimate of drug-likeness (QED) is 0.546. The van der Waals surface area contributed by atoms with E-state index in [2.05, 4.69) is 27.7 Å². The molecule has 1 fully saturated rings. The van der Waals surface area contributed by atoms with Gasteiger partial charge in [0, 0.05) is 0 Å². The number of hydrogen-bond acceptors (Lipinski definition) is 0. The van der Waals surface area contributed by atoms with Crippen LogP contribution >= 0.6 is 0 Å². The summed E-state index contributed by atoms with van der Waals surface area (Å²) in [5, 5.41) is 0. The van der Waals surface area contributed by atoms with Crippen molar-refractivity contribution in [2.45, 2.75) is 80.1 Å². The molecule has 0 heterocycles. The van der Waals surface area contributed by atoms with Crippen LogP contribution in [0.25, 0.3) is 0 Å². The van der Waals surface area contributed by atoms with Crippen molar-refractivity contribution in [2.75, 3.05) is 0 Å². The summed E-state index contributed by atoms with van der Waals surface area (Å²) in [6, 6.07) is 0. The van der Waals surface area contributed by atoms with Crippen molar-refractivity contribution in [1.29, 1.82) is 0 Å². The number of hydrogen-bond donors (Lipinski definition) is 0. The van der Waals surface area contributed by atoms with E-state index in [-0.39, 0.29) is 0 Å². The Labute approximate surface area is 104 Å². The van der Waals surface area contributed by atoms with Gasteiger partial charge in [0.25, 0.3) is 0 Å². The van der Waals surface area contributed by atoms with Crippen LogP contribution in [-0.4, -0.2) is 0 Å². The van der Waals surface area contributed by atoms with Gasteiger partial charge in [-0.15, -0.1) is 0 Å². The van der Waals surface area contributed by atoms with Crippen molar-refractivity contribution in [3.05, 3.63) is 0 Å². The molecule has 1 saturated carbocycles. The Hall–Kier alpha value is 0. The summed E-state index contributed by atoms with van der Waals surface area (Å²) in [5.41, 5.74) is 0. The first-order valence-corrected chi connectivity index (χ1v) is 7.78. The molecule has 98 valence electrons. The van der Waals surface area contributed by atoms with Crippen LogP contribution in [-0.2, 0) is 0 Å². The highest BCUT2D eigenvalue weighted by Crippen LogP contribution is 2.48. The molecule has 0 aromatic rings. The Bertz CT molecular complexity index is 150. The van der Waals surface area contributed by atoms with Crippen LogP contribution in [0.1, 0.15) is 80.1 Å². The van der Waals surface area contributed by atoms with Gasteiger partial charge in [0.1, 0.15) is 0 Å². The van der Waals surface area contributed by atoms with Crippen LogP contribution in [0.2, 0.25) is 0 Å². The van der Waals surface area contributed by atoms with Crippen molar-refractivity contribution >= 4 is 0 Å². The standard InChI is InChI=1S/C14H28.C2H6/c1-5-9-14-12(7-3)10-11(6-2)13(14)8-4;1-2/h11-14H,5-10H2,1-4H3;1-2H3. The highest BCUT2D eigenvalue weighted by atomic mass is 14.4. The van der Waals surface area contributed by atoms with Crippen LogP contribution in [0.3, 0.4) is 0 Å². The minimum Gasteiger partial charge on any atom is -0.0683 e. The molecule has 4 atom stereocenters. The highest BCUT2D eigenvalue weighted by Gasteiger charge is 2.39. The van der Waals surface area contributed by atoms with Gasteiger partial charge in [0.2, 0.25) is 0 Å². The molecule has 16 heavy (non-hydrogen) atoms. The Morgan fingerprint density at radius 1 is 0.750 bits per heavy atom. The minimum atomic E-state index is 1.04. The van der Waals surface area contributed by atoms with Gasteiger partial charge in [-0.3, -0.25) is 0 Å². The molecule has 0 aromatic carbocycles. The summed E-state index contributed by atoms with van der Waals surface area (Å²) in [6.45, 7) is 13.5. The van der Waals surface area contributed by atoms with Crippen LogP contribution in [0.5, 0.6) is 0 Å². The van der Waals surface area contributed by atoms with Crippen molar-refractivity contribution in [1.82, 2.24) is 0 Å². The van der Waals surface area contributed by atoms with Gasteiger partial charge in [-0.1, -0.05) is 73.6 Å². The van der Waals surface area contributed by atoms with E-state index in [9.17, 15) is 0 Å². The fourth-order valence-corrected chi connectivity index (χ4v) is 3.80. The lowest BCUT2D eigenvalue weighted by Gasteiger charge is -2.24. The van der Waals surface area contributed by atoms with E-state index >= 15 is 0 Å². The summed E-state index contributed by atoms with van der Waals surface area (Å²) in [6.07, 6.45) is 8.63. The molecule has 0 heteroatoms. The van der Waals surface area contributed by atoms with Crippen LogP contribution in [0, 0.1) is 23.7 Å². The van der Waals surface area contributed by atoms with Gasteiger partial charge in [-0.2, -0.15) is 0 Å². The molecular formula is C16H34. The fourth-order valence-electron chi connectivity index (χ4n) is 3.80. The van der Waals surface area contributed by atoms with E-state index < -0.39 is 0 Å². The molecule has 0 N–H and O–H groups in total. The number of rotatable bonds is 5. The van der Waals surface area contributed by atoms with E-state index in [1.54, 1.807) is 0 Å². The summed E-state index contributed by atoms with van der Waals surface area (Å²) < 4.78 is 0. The second-order valence-corrected chi connectivity index (χ2v) is 5.10. The molecule has 1 rings (SSSR count). The molecule has 0 bridgehead atoms. The Balaban J connectivity index is 0.00000106. The van der Waals surface area contributed by atoms with E-state index in [1.807, 2.05) is 13.8 Å². The fraction of sp³-hybridized carbons (Fsp3) is 1.00. The third-order valence-electron chi connectivity index (χ3n) is 4.51. The molecule has 0 saturated heterocycles. The lowest BCUT2D eigenvalue weighted by Crippen LogP contribution is -2.16. The van der Waals surface area contributed by atoms with Crippen LogP contribution in [0.4, 0.5) is 0 Å². The summed E-state index contributed by atoms with van der Waals surface area (Å²) in [5.74, 6) is 4.19. The van der Waals surface area contributed by atoms with E-state index in [1.165, 1.54) is 38.5 Å². The Morgan fingerprint density at radius 2 is 1.25 bits per heavy atom. The molecule has 0 amide bonds. The van der Waals surface area contributed by atoms with E-state index in [4.69, 9.17) is 0 Å². The third kappa shape index (κ3) is 3.79. The highest BCUT2D eigenvalue weighted by molar-refractivity contribution is 4.88. The molecule has 0 spiro atoms. The third-order valence-corrected chi connectivity index (χ3v) is 4.51. The lowest BCUT2D eigenvalue weighted by atomic mass is 9.81. The van der Waals surface area contributed by atoms with Gasteiger partial charge in [0.15, 0.2) is 0 Å². The van der Waals surface area contributed by atoms with Gasteiger partial charge in [-0.25, -0.2) is 0 Å². The van der Waals surface area contributed by atoms with Crippen molar-refractivity contribution in [3.8, 4) is 0 Å². The first-order chi connectivity index (χ1) is 7.78. The van der Waals surface area contributed by atoms with Gasteiger partial charge in [-0.05, 0) is 30.1 Å². The normalized spacial score (nSPS) is 33.4. The van der Waals surface area contributed by atoms with Gasteiger partial charge < -0.3 is 0 Å². The second kappa shape index (κ2) is 9.07. The second-order valence-electron chi connectivity index (χ2n) is 5.10. The van der Waals surface area contributed by atoms with Crippen LogP contribution < -0.4 is 0 Å². The molecule has 4 unspecified atom stereocenters. The molecule has 0 radical (unpaired) electrons. The predicted molar refractivity (Wildman–Crippen MR) is 75.7 cm³/mol. The smallest absolute Gasteiger partial charge is 0.0355 e. The summed E-state index contributed by atoms with van der Waals surface area (Å²) in [4.78, 5) is 0. The first kappa shape index (κ1) is 16.0. The average molecular weight is 226 g/mol. The minimum absolute atomic E-state index is 1.04. The SMILES string of the molecule is CC.CCCC1C(CC)CC(CC)C1CC. The van der Waals surface area contributed by atoms with Crippen LogP contribution in [0.15, 0.2) is 0 Å². The summed E-state index contributed by atoms with van der Waals surface area (Å²) >= 11 is 0. The maximum Gasteiger partial charge on any atom is -0.0355 e. The zero-order chi connectivity index (χ0) is 12.6. The largest absolute Gasteiger partial charge is 0.0683 e. The Morgan fingerprint density at radius 3 is 1.62 bits per heavy atom. The van der Waals surface area contributed by atoms with Crippen molar-refractivity contribution < 1.29 is 0 Å². The topological polar surface area (TPSA) is 0 Å². The average Bonchev–Trinajstić information content (AvgIpc) is 2.69. The predicted octanol–water partition coefficient (Wildman–Crippen LogP) is 5.91. The molecule has 0 aliphatic heterocycles. The van der Waals surface area contributed by atoms with Crippen molar-refractivity contribution in [3.63, 3.8) is 0 Å². The molecule has 0 aromatic heterocycles. The Kier molecular flexibility index (Phi) is 9.07. The maximum absolute atomic E-state index is 2.40. The van der Waals surface area contributed by atoms with Gasteiger partial charge >= 0.3 is 0 Å². The van der Waals surface area contributed by atoms with E-state index in [0.29, 0.717) is 0 Å².